The number of nitrogens with one attached hydrogen (secondary N) is 1. The van der Waals surface area contributed by atoms with Gasteiger partial charge in [0, 0.05) is 35.7 Å². The molecule has 2 saturated heterocycles. The Bertz CT molecular complexity index is 1020. The van der Waals surface area contributed by atoms with Crippen molar-refractivity contribution in [1.29, 1.82) is 0 Å². The normalized spacial score (nSPS) is 25.3. The summed E-state index contributed by atoms with van der Waals surface area (Å²) in [6.07, 6.45) is 0.563. The Labute approximate surface area is 179 Å². The van der Waals surface area contributed by atoms with Crippen molar-refractivity contribution in [2.75, 3.05) is 31.2 Å². The van der Waals surface area contributed by atoms with Gasteiger partial charge in [0.25, 0.3) is 5.91 Å². The first kappa shape index (κ1) is 19.2. The van der Waals surface area contributed by atoms with Gasteiger partial charge in [0.05, 0.1) is 24.9 Å². The van der Waals surface area contributed by atoms with E-state index in [0.717, 1.165) is 5.56 Å². The summed E-state index contributed by atoms with van der Waals surface area (Å²) in [4.78, 5) is 29.4. The SMILES string of the molecule is CC12CC(NC(=O)N1c1cccc(C(=O)N3CCOCC3)c1)c1cc(Cl)ccc1O2. The van der Waals surface area contributed by atoms with Gasteiger partial charge in [0.2, 0.25) is 0 Å². The molecule has 2 atom stereocenters. The third-order valence-electron chi connectivity index (χ3n) is 5.88. The Balaban J connectivity index is 1.48. The first-order chi connectivity index (χ1) is 14.4. The van der Waals surface area contributed by atoms with E-state index in [0.29, 0.717) is 54.7 Å². The lowest BCUT2D eigenvalue weighted by atomic mass is 9.90. The van der Waals surface area contributed by atoms with Crippen LogP contribution in [-0.2, 0) is 4.74 Å². The third-order valence-corrected chi connectivity index (χ3v) is 6.12. The van der Waals surface area contributed by atoms with E-state index in [2.05, 4.69) is 5.32 Å². The number of nitrogens with zero attached hydrogens (tertiary/aromatic N) is 2. The maximum atomic E-state index is 13.1. The smallest absolute Gasteiger partial charge is 0.325 e. The summed E-state index contributed by atoms with van der Waals surface area (Å²) in [6.45, 7) is 4.10. The van der Waals surface area contributed by atoms with E-state index >= 15 is 0 Å². The molecule has 2 aromatic rings. The van der Waals surface area contributed by atoms with Crippen molar-refractivity contribution >= 4 is 29.2 Å². The van der Waals surface area contributed by atoms with Gasteiger partial charge in [-0.2, -0.15) is 0 Å². The summed E-state index contributed by atoms with van der Waals surface area (Å²) in [6, 6.07) is 12.1. The van der Waals surface area contributed by atoms with Gasteiger partial charge in [0.1, 0.15) is 5.75 Å². The van der Waals surface area contributed by atoms with Gasteiger partial charge in [-0.05, 0) is 43.3 Å². The molecule has 2 aromatic carbocycles. The second kappa shape index (κ2) is 7.18. The molecule has 2 unspecified atom stereocenters. The number of ether oxygens (including phenoxy) is 2. The Hall–Kier alpha value is -2.77. The van der Waals surface area contributed by atoms with Gasteiger partial charge >= 0.3 is 6.03 Å². The summed E-state index contributed by atoms with van der Waals surface area (Å²) in [7, 11) is 0. The molecular formula is C22H22ClN3O4. The number of urea groups is 1. The highest BCUT2D eigenvalue weighted by Crippen LogP contribution is 2.46. The van der Waals surface area contributed by atoms with Gasteiger partial charge < -0.3 is 19.7 Å². The lowest BCUT2D eigenvalue weighted by Crippen LogP contribution is -2.65. The van der Waals surface area contributed by atoms with E-state index in [1.165, 1.54) is 0 Å². The number of morpholine rings is 1. The molecule has 3 amide bonds. The van der Waals surface area contributed by atoms with E-state index in [1.54, 1.807) is 34.1 Å². The molecule has 2 bridgehead atoms. The highest BCUT2D eigenvalue weighted by molar-refractivity contribution is 6.30. The summed E-state index contributed by atoms with van der Waals surface area (Å²) in [5, 5.41) is 3.66. The summed E-state index contributed by atoms with van der Waals surface area (Å²) in [5.41, 5.74) is 1.15. The molecule has 1 N–H and O–H groups in total. The van der Waals surface area contributed by atoms with Crippen LogP contribution in [0.2, 0.25) is 5.02 Å². The van der Waals surface area contributed by atoms with Crippen molar-refractivity contribution in [1.82, 2.24) is 10.2 Å². The average molecular weight is 428 g/mol. The van der Waals surface area contributed by atoms with Crippen LogP contribution in [0.5, 0.6) is 5.75 Å². The Morgan fingerprint density at radius 1 is 1.20 bits per heavy atom. The van der Waals surface area contributed by atoms with Gasteiger partial charge in [-0.15, -0.1) is 0 Å². The lowest BCUT2D eigenvalue weighted by molar-refractivity contribution is 0.0301. The molecular weight excluding hydrogens is 406 g/mol. The summed E-state index contributed by atoms with van der Waals surface area (Å²) in [5.74, 6) is 0.633. The number of hydrogen-bond acceptors (Lipinski definition) is 4. The van der Waals surface area contributed by atoms with Crippen molar-refractivity contribution in [3.05, 3.63) is 58.6 Å². The van der Waals surface area contributed by atoms with Crippen LogP contribution in [0.15, 0.2) is 42.5 Å². The van der Waals surface area contributed by atoms with Crippen LogP contribution in [0.3, 0.4) is 0 Å². The first-order valence-corrected chi connectivity index (χ1v) is 10.4. The highest BCUT2D eigenvalue weighted by atomic mass is 35.5. The predicted molar refractivity (Wildman–Crippen MR) is 112 cm³/mol. The topological polar surface area (TPSA) is 71.1 Å². The van der Waals surface area contributed by atoms with Gasteiger partial charge in [-0.3, -0.25) is 9.69 Å². The van der Waals surface area contributed by atoms with E-state index in [9.17, 15) is 9.59 Å². The van der Waals surface area contributed by atoms with Crippen LogP contribution >= 0.6 is 11.6 Å². The Morgan fingerprint density at radius 2 is 2.00 bits per heavy atom. The van der Waals surface area contributed by atoms with Gasteiger partial charge in [-0.25, -0.2) is 4.79 Å². The number of halogens is 1. The fraction of sp³-hybridized carbons (Fsp3) is 0.364. The number of anilines is 1. The Kier molecular flexibility index (Phi) is 4.60. The molecule has 8 heteroatoms. The van der Waals surface area contributed by atoms with Crippen LogP contribution < -0.4 is 15.0 Å². The zero-order valence-electron chi connectivity index (χ0n) is 16.6. The summed E-state index contributed by atoms with van der Waals surface area (Å²) < 4.78 is 11.6. The number of carbonyl (C=O) groups is 2. The van der Waals surface area contributed by atoms with E-state index in [1.807, 2.05) is 25.1 Å². The quantitative estimate of drug-likeness (QED) is 0.795. The summed E-state index contributed by atoms with van der Waals surface area (Å²) >= 11 is 6.14. The van der Waals surface area contributed by atoms with E-state index in [4.69, 9.17) is 21.1 Å². The number of amides is 3. The molecule has 0 saturated carbocycles. The molecule has 2 fully saturated rings. The second-order valence-electron chi connectivity index (χ2n) is 7.96. The van der Waals surface area contributed by atoms with E-state index < -0.39 is 5.72 Å². The van der Waals surface area contributed by atoms with Crippen LogP contribution in [0, 0.1) is 0 Å². The molecule has 7 nitrogen and oxygen atoms in total. The molecule has 3 heterocycles. The minimum absolute atomic E-state index is 0.0647. The largest absolute Gasteiger partial charge is 0.467 e. The van der Waals surface area contributed by atoms with E-state index in [-0.39, 0.29) is 18.0 Å². The van der Waals surface area contributed by atoms with Gasteiger partial charge in [0.15, 0.2) is 5.72 Å². The minimum Gasteiger partial charge on any atom is -0.467 e. The standard InChI is InChI=1S/C22H22ClN3O4/c1-22-13-18(17-12-15(23)5-6-19(17)30-22)24-21(28)26(22)16-4-2-3-14(11-16)20(27)25-7-9-29-10-8-25/h2-6,11-12,18H,7-10,13H2,1H3,(H,24,28). The Morgan fingerprint density at radius 3 is 2.80 bits per heavy atom. The van der Waals surface area contributed by atoms with Gasteiger partial charge in [-0.1, -0.05) is 17.7 Å². The molecule has 0 aliphatic carbocycles. The molecule has 0 spiro atoms. The molecule has 5 rings (SSSR count). The van der Waals surface area contributed by atoms with Crippen molar-refractivity contribution in [3.63, 3.8) is 0 Å². The van der Waals surface area contributed by atoms with Crippen LogP contribution in [0.25, 0.3) is 0 Å². The highest BCUT2D eigenvalue weighted by Gasteiger charge is 2.50. The molecule has 3 aliphatic rings. The number of fused-ring (bicyclic) bond motifs is 4. The molecule has 30 heavy (non-hydrogen) atoms. The zero-order chi connectivity index (χ0) is 20.9. The van der Waals surface area contributed by atoms with Crippen molar-refractivity contribution in [2.24, 2.45) is 0 Å². The molecule has 156 valence electrons. The molecule has 0 radical (unpaired) electrons. The van der Waals surface area contributed by atoms with Crippen molar-refractivity contribution in [2.45, 2.75) is 25.1 Å². The average Bonchev–Trinajstić information content (AvgIpc) is 2.74. The van der Waals surface area contributed by atoms with Crippen LogP contribution in [0.1, 0.15) is 35.3 Å². The second-order valence-corrected chi connectivity index (χ2v) is 8.39. The first-order valence-electron chi connectivity index (χ1n) is 10.0. The monoisotopic (exact) mass is 427 g/mol. The zero-order valence-corrected chi connectivity index (χ0v) is 17.3. The van der Waals surface area contributed by atoms with Crippen LogP contribution in [0.4, 0.5) is 10.5 Å². The predicted octanol–water partition coefficient (Wildman–Crippen LogP) is 3.58. The maximum Gasteiger partial charge on any atom is 0.325 e. The minimum atomic E-state index is -0.880. The third kappa shape index (κ3) is 3.18. The number of hydrogen-bond donors (Lipinski definition) is 1. The fourth-order valence-electron chi connectivity index (χ4n) is 4.46. The fourth-order valence-corrected chi connectivity index (χ4v) is 4.64. The maximum absolute atomic E-state index is 13.1. The lowest BCUT2D eigenvalue weighted by Gasteiger charge is -2.50. The van der Waals surface area contributed by atoms with Crippen molar-refractivity contribution < 1.29 is 19.1 Å². The molecule has 0 aromatic heterocycles. The van der Waals surface area contributed by atoms with Crippen LogP contribution in [-0.4, -0.2) is 48.9 Å². The number of benzene rings is 2. The number of carbonyl (C=O) groups excluding carboxylic acids is 2. The number of rotatable bonds is 2. The molecule has 3 aliphatic heterocycles. The van der Waals surface area contributed by atoms with Crippen molar-refractivity contribution in [3.8, 4) is 5.75 Å².